The molecule has 0 saturated heterocycles. The molecule has 19 heavy (non-hydrogen) atoms. The van der Waals surface area contributed by atoms with Crippen LogP contribution < -0.4 is 4.74 Å². The quantitative estimate of drug-likeness (QED) is 0.780. The van der Waals surface area contributed by atoms with E-state index in [0.29, 0.717) is 5.69 Å². The first kappa shape index (κ1) is 11.7. The summed E-state index contributed by atoms with van der Waals surface area (Å²) >= 11 is 0. The number of rotatable bonds is 3. The van der Waals surface area contributed by atoms with Gasteiger partial charge in [-0.25, -0.2) is 4.98 Å². The fourth-order valence-corrected chi connectivity index (χ4v) is 2.07. The van der Waals surface area contributed by atoms with Gasteiger partial charge in [-0.15, -0.1) is 0 Å². The van der Waals surface area contributed by atoms with Crippen LogP contribution in [0.2, 0.25) is 0 Å². The highest BCUT2D eigenvalue weighted by Crippen LogP contribution is 2.24. The minimum absolute atomic E-state index is 0.624. The zero-order valence-electron chi connectivity index (χ0n) is 10.5. The summed E-state index contributed by atoms with van der Waals surface area (Å²) in [7, 11) is 1.61. The number of hydrogen-bond acceptors (Lipinski definition) is 3. The molecule has 3 rings (SSSR count). The van der Waals surface area contributed by atoms with E-state index in [1.807, 2.05) is 59.3 Å². The molecule has 0 aliphatic carbocycles. The smallest absolute Gasteiger partial charge is 0.137 e. The van der Waals surface area contributed by atoms with Gasteiger partial charge >= 0.3 is 0 Å². The Hall–Kier alpha value is -2.33. The van der Waals surface area contributed by atoms with Crippen molar-refractivity contribution in [3.63, 3.8) is 0 Å². The van der Waals surface area contributed by atoms with Crippen molar-refractivity contribution in [2.75, 3.05) is 7.11 Å². The molecular weight excluding hydrogens is 240 g/mol. The fraction of sp³-hybridized carbons (Fsp3) is 0.133. The molecule has 0 aliphatic rings. The zero-order chi connectivity index (χ0) is 13.2. The second-order valence-electron chi connectivity index (χ2n) is 4.31. The monoisotopic (exact) mass is 254 g/mol. The topological polar surface area (TPSA) is 46.8 Å². The third-order valence-electron chi connectivity index (χ3n) is 3.07. The van der Waals surface area contributed by atoms with Crippen molar-refractivity contribution >= 4 is 5.65 Å². The van der Waals surface area contributed by atoms with Gasteiger partial charge in [0, 0.05) is 12.4 Å². The molecule has 4 nitrogen and oxygen atoms in total. The number of pyridine rings is 1. The molecule has 0 fully saturated rings. The summed E-state index contributed by atoms with van der Waals surface area (Å²) in [4.78, 5) is 4.42. The SMILES string of the molecule is COc1cccc(C(O)c2cn3ccccc3n2)c1. The Morgan fingerprint density at radius 1 is 1.21 bits per heavy atom. The lowest BCUT2D eigenvalue weighted by atomic mass is 10.1. The molecule has 0 radical (unpaired) electrons. The maximum absolute atomic E-state index is 10.4. The van der Waals surface area contributed by atoms with Crippen LogP contribution in [0.4, 0.5) is 0 Å². The van der Waals surface area contributed by atoms with E-state index in [9.17, 15) is 5.11 Å². The number of nitrogens with zero attached hydrogens (tertiary/aromatic N) is 2. The Morgan fingerprint density at radius 3 is 2.89 bits per heavy atom. The molecule has 0 saturated carbocycles. The first-order chi connectivity index (χ1) is 9.28. The number of imidazole rings is 1. The minimum atomic E-state index is -0.755. The molecule has 2 aromatic heterocycles. The Balaban J connectivity index is 2.00. The van der Waals surface area contributed by atoms with Crippen molar-refractivity contribution in [3.8, 4) is 5.75 Å². The van der Waals surface area contributed by atoms with E-state index >= 15 is 0 Å². The lowest BCUT2D eigenvalue weighted by Gasteiger charge is -2.09. The fourth-order valence-electron chi connectivity index (χ4n) is 2.07. The number of aliphatic hydroxyl groups is 1. The van der Waals surface area contributed by atoms with Crippen LogP contribution in [0.3, 0.4) is 0 Å². The van der Waals surface area contributed by atoms with Gasteiger partial charge in [-0.1, -0.05) is 18.2 Å². The van der Waals surface area contributed by atoms with Gasteiger partial charge in [-0.05, 0) is 29.8 Å². The van der Waals surface area contributed by atoms with Crippen molar-refractivity contribution in [1.82, 2.24) is 9.38 Å². The number of hydrogen-bond donors (Lipinski definition) is 1. The van der Waals surface area contributed by atoms with E-state index in [1.54, 1.807) is 7.11 Å². The maximum Gasteiger partial charge on any atom is 0.137 e. The average molecular weight is 254 g/mol. The first-order valence-electron chi connectivity index (χ1n) is 6.03. The molecule has 2 heterocycles. The van der Waals surface area contributed by atoms with E-state index in [2.05, 4.69) is 4.98 Å². The molecule has 4 heteroatoms. The molecule has 3 aromatic rings. The largest absolute Gasteiger partial charge is 0.497 e. The number of methoxy groups -OCH3 is 1. The highest BCUT2D eigenvalue weighted by Gasteiger charge is 2.14. The molecule has 1 unspecified atom stereocenters. The summed E-state index contributed by atoms with van der Waals surface area (Å²) in [5, 5.41) is 10.4. The van der Waals surface area contributed by atoms with E-state index in [1.165, 1.54) is 0 Å². The highest BCUT2D eigenvalue weighted by molar-refractivity contribution is 5.42. The highest BCUT2D eigenvalue weighted by atomic mass is 16.5. The Labute approximate surface area is 110 Å². The third-order valence-corrected chi connectivity index (χ3v) is 3.07. The van der Waals surface area contributed by atoms with Gasteiger partial charge in [0.05, 0.1) is 12.8 Å². The Bertz CT molecular complexity index is 673. The number of ether oxygens (including phenoxy) is 1. The van der Waals surface area contributed by atoms with Crippen molar-refractivity contribution in [3.05, 3.63) is 66.1 Å². The summed E-state index contributed by atoms with van der Waals surface area (Å²) in [5.41, 5.74) is 2.21. The van der Waals surface area contributed by atoms with Gasteiger partial charge in [-0.2, -0.15) is 0 Å². The molecule has 1 atom stereocenters. The van der Waals surface area contributed by atoms with E-state index in [4.69, 9.17) is 4.74 Å². The molecule has 0 spiro atoms. The maximum atomic E-state index is 10.4. The van der Waals surface area contributed by atoms with Crippen LogP contribution in [0.5, 0.6) is 5.75 Å². The van der Waals surface area contributed by atoms with Crippen LogP contribution in [0.25, 0.3) is 5.65 Å². The van der Waals surface area contributed by atoms with Crippen LogP contribution in [-0.2, 0) is 0 Å². The molecule has 0 aliphatic heterocycles. The van der Waals surface area contributed by atoms with Crippen molar-refractivity contribution < 1.29 is 9.84 Å². The Kier molecular flexibility index (Phi) is 2.93. The predicted octanol–water partition coefficient (Wildman–Crippen LogP) is 2.42. The van der Waals surface area contributed by atoms with Gasteiger partial charge in [-0.3, -0.25) is 0 Å². The minimum Gasteiger partial charge on any atom is -0.497 e. The molecular formula is C15H14N2O2. The van der Waals surface area contributed by atoms with E-state index in [0.717, 1.165) is 17.0 Å². The normalized spacial score (nSPS) is 12.5. The summed E-state index contributed by atoms with van der Waals surface area (Å²) in [6.07, 6.45) is 2.99. The van der Waals surface area contributed by atoms with Gasteiger partial charge < -0.3 is 14.2 Å². The van der Waals surface area contributed by atoms with Crippen LogP contribution in [0.1, 0.15) is 17.4 Å². The van der Waals surface area contributed by atoms with Gasteiger partial charge in [0.15, 0.2) is 0 Å². The summed E-state index contributed by atoms with van der Waals surface area (Å²) in [5.74, 6) is 0.723. The summed E-state index contributed by atoms with van der Waals surface area (Å²) in [6, 6.07) is 13.1. The van der Waals surface area contributed by atoms with Crippen LogP contribution in [-0.4, -0.2) is 21.6 Å². The standard InChI is InChI=1S/C15H14N2O2/c1-19-12-6-4-5-11(9-12)15(18)13-10-17-8-3-2-7-14(17)16-13/h2-10,15,18H,1H3. The van der Waals surface area contributed by atoms with Crippen LogP contribution in [0.15, 0.2) is 54.9 Å². The molecule has 1 aromatic carbocycles. The third kappa shape index (κ3) is 2.18. The predicted molar refractivity (Wildman–Crippen MR) is 72.2 cm³/mol. The van der Waals surface area contributed by atoms with Crippen molar-refractivity contribution in [2.45, 2.75) is 6.10 Å². The number of benzene rings is 1. The summed E-state index contributed by atoms with van der Waals surface area (Å²) < 4.78 is 7.05. The van der Waals surface area contributed by atoms with E-state index < -0.39 is 6.10 Å². The van der Waals surface area contributed by atoms with E-state index in [-0.39, 0.29) is 0 Å². The van der Waals surface area contributed by atoms with Gasteiger partial charge in [0.25, 0.3) is 0 Å². The molecule has 0 bridgehead atoms. The average Bonchev–Trinajstić information content (AvgIpc) is 2.90. The number of fused-ring (bicyclic) bond motifs is 1. The lowest BCUT2D eigenvalue weighted by Crippen LogP contribution is -2.00. The summed E-state index contributed by atoms with van der Waals surface area (Å²) in [6.45, 7) is 0. The second-order valence-corrected chi connectivity index (χ2v) is 4.31. The molecule has 96 valence electrons. The molecule has 1 N–H and O–H groups in total. The van der Waals surface area contributed by atoms with Crippen molar-refractivity contribution in [2.24, 2.45) is 0 Å². The van der Waals surface area contributed by atoms with Crippen LogP contribution >= 0.6 is 0 Å². The van der Waals surface area contributed by atoms with Crippen molar-refractivity contribution in [1.29, 1.82) is 0 Å². The second kappa shape index (κ2) is 4.74. The lowest BCUT2D eigenvalue weighted by molar-refractivity contribution is 0.215. The molecule has 0 amide bonds. The number of aliphatic hydroxyl groups excluding tert-OH is 1. The number of aromatic nitrogens is 2. The van der Waals surface area contributed by atoms with Gasteiger partial charge in [0.2, 0.25) is 0 Å². The van der Waals surface area contributed by atoms with Gasteiger partial charge in [0.1, 0.15) is 17.5 Å². The first-order valence-corrected chi connectivity index (χ1v) is 6.03. The zero-order valence-corrected chi connectivity index (χ0v) is 10.5. The Morgan fingerprint density at radius 2 is 2.11 bits per heavy atom. The van der Waals surface area contributed by atoms with Crippen LogP contribution in [0, 0.1) is 0 Å².